The molecule has 1 heterocycles. The van der Waals surface area contributed by atoms with Crippen LogP contribution in [0.25, 0.3) is 0 Å². The molecular weight excluding hydrogens is 220 g/mol. The third kappa shape index (κ3) is 2.99. The van der Waals surface area contributed by atoms with E-state index in [1.54, 1.807) is 0 Å². The first-order chi connectivity index (χ1) is 8.16. The van der Waals surface area contributed by atoms with Gasteiger partial charge in [0.1, 0.15) is 6.26 Å². The average Bonchev–Trinajstić information content (AvgIpc) is 2.79. The third-order valence-corrected chi connectivity index (χ3v) is 3.29. The number of hydrogen-bond acceptors (Lipinski definition) is 4. The largest absolute Gasteiger partial charge is 0.476 e. The van der Waals surface area contributed by atoms with E-state index in [4.69, 9.17) is 9.52 Å². The topological polar surface area (TPSA) is 66.6 Å². The molecular formula is C12H18N2O3. The molecule has 1 aromatic rings. The monoisotopic (exact) mass is 238 g/mol. The zero-order valence-corrected chi connectivity index (χ0v) is 10.1. The summed E-state index contributed by atoms with van der Waals surface area (Å²) in [7, 11) is 1.89. The van der Waals surface area contributed by atoms with Crippen molar-refractivity contribution in [3.8, 4) is 0 Å². The second-order valence-corrected chi connectivity index (χ2v) is 4.71. The Labute approximate surface area is 100 Å². The van der Waals surface area contributed by atoms with Gasteiger partial charge in [-0.2, -0.15) is 4.98 Å². The van der Waals surface area contributed by atoms with Crippen molar-refractivity contribution in [1.82, 2.24) is 4.98 Å². The van der Waals surface area contributed by atoms with Crippen molar-refractivity contribution in [3.05, 3.63) is 12.0 Å². The van der Waals surface area contributed by atoms with E-state index >= 15 is 0 Å². The Kier molecular flexibility index (Phi) is 3.66. The number of nitrogens with zero attached hydrogens (tertiary/aromatic N) is 2. The van der Waals surface area contributed by atoms with Gasteiger partial charge in [0.15, 0.2) is 5.69 Å². The highest BCUT2D eigenvalue weighted by Crippen LogP contribution is 2.25. The number of hydrogen-bond donors (Lipinski definition) is 1. The molecule has 0 atom stereocenters. The van der Waals surface area contributed by atoms with E-state index in [2.05, 4.69) is 4.98 Å². The molecule has 0 spiro atoms. The van der Waals surface area contributed by atoms with E-state index < -0.39 is 5.97 Å². The fraction of sp³-hybridized carbons (Fsp3) is 0.667. The first kappa shape index (κ1) is 12.0. The zero-order valence-electron chi connectivity index (χ0n) is 10.1. The van der Waals surface area contributed by atoms with Crippen LogP contribution in [0.3, 0.4) is 0 Å². The number of rotatable bonds is 4. The molecule has 0 saturated heterocycles. The molecule has 0 bridgehead atoms. The summed E-state index contributed by atoms with van der Waals surface area (Å²) in [5, 5.41) is 8.76. The predicted molar refractivity (Wildman–Crippen MR) is 63.3 cm³/mol. The SMILES string of the molecule is CN(CC1CCCCC1)c1nc(C(=O)O)co1. The maximum Gasteiger partial charge on any atom is 0.357 e. The van der Waals surface area contributed by atoms with Gasteiger partial charge in [0.25, 0.3) is 6.01 Å². The standard InChI is InChI=1S/C12H18N2O3/c1-14(7-9-5-3-2-4-6-9)12-13-10(8-17-12)11(15)16/h8-9H,2-7H2,1H3,(H,15,16). The maximum absolute atomic E-state index is 10.7. The van der Waals surface area contributed by atoms with E-state index in [1.807, 2.05) is 11.9 Å². The summed E-state index contributed by atoms with van der Waals surface area (Å²) < 4.78 is 5.16. The zero-order chi connectivity index (χ0) is 12.3. The van der Waals surface area contributed by atoms with Crippen LogP contribution in [0.4, 0.5) is 6.01 Å². The molecule has 1 saturated carbocycles. The van der Waals surface area contributed by atoms with Crippen molar-refractivity contribution in [2.45, 2.75) is 32.1 Å². The Morgan fingerprint density at radius 3 is 2.82 bits per heavy atom. The molecule has 0 aliphatic heterocycles. The molecule has 1 fully saturated rings. The van der Waals surface area contributed by atoms with Gasteiger partial charge in [-0.1, -0.05) is 19.3 Å². The summed E-state index contributed by atoms with van der Waals surface area (Å²) in [6.07, 6.45) is 7.61. The number of aromatic carboxylic acids is 1. The van der Waals surface area contributed by atoms with Gasteiger partial charge < -0.3 is 14.4 Å². The molecule has 1 aromatic heterocycles. The highest BCUT2D eigenvalue weighted by Gasteiger charge is 2.19. The summed E-state index contributed by atoms with van der Waals surface area (Å²) >= 11 is 0. The van der Waals surface area contributed by atoms with Crippen LogP contribution in [0.5, 0.6) is 0 Å². The highest BCUT2D eigenvalue weighted by molar-refractivity contribution is 5.85. The minimum Gasteiger partial charge on any atom is -0.476 e. The van der Waals surface area contributed by atoms with Gasteiger partial charge in [-0.05, 0) is 18.8 Å². The number of carboxylic acid groups (broad SMARTS) is 1. The van der Waals surface area contributed by atoms with E-state index in [0.29, 0.717) is 11.9 Å². The molecule has 1 aliphatic carbocycles. The summed E-state index contributed by atoms with van der Waals surface area (Å²) in [4.78, 5) is 16.5. The van der Waals surface area contributed by atoms with Crippen molar-refractivity contribution < 1.29 is 14.3 Å². The molecule has 5 nitrogen and oxygen atoms in total. The normalized spacial score (nSPS) is 17.0. The van der Waals surface area contributed by atoms with E-state index in [-0.39, 0.29) is 5.69 Å². The molecule has 5 heteroatoms. The summed E-state index contributed by atoms with van der Waals surface area (Å²) in [6, 6.07) is 0.396. The fourth-order valence-electron chi connectivity index (χ4n) is 2.37. The Balaban J connectivity index is 1.93. The molecule has 0 aromatic carbocycles. The van der Waals surface area contributed by atoms with Crippen LogP contribution >= 0.6 is 0 Å². The molecule has 94 valence electrons. The lowest BCUT2D eigenvalue weighted by atomic mass is 9.89. The predicted octanol–water partition coefficient (Wildman–Crippen LogP) is 2.39. The summed E-state index contributed by atoms with van der Waals surface area (Å²) in [6.45, 7) is 0.888. The highest BCUT2D eigenvalue weighted by atomic mass is 16.4. The molecule has 1 aliphatic rings. The molecule has 0 radical (unpaired) electrons. The number of oxazole rings is 1. The first-order valence-corrected chi connectivity index (χ1v) is 6.07. The van der Waals surface area contributed by atoms with Crippen molar-refractivity contribution >= 4 is 12.0 Å². The van der Waals surface area contributed by atoms with Crippen LogP contribution in [0.1, 0.15) is 42.6 Å². The Morgan fingerprint density at radius 1 is 1.53 bits per heavy atom. The Bertz CT molecular complexity index is 383. The van der Waals surface area contributed by atoms with Crippen LogP contribution in [-0.4, -0.2) is 29.7 Å². The van der Waals surface area contributed by atoms with Gasteiger partial charge in [-0.25, -0.2) is 4.79 Å². The van der Waals surface area contributed by atoms with E-state index in [0.717, 1.165) is 6.54 Å². The van der Waals surface area contributed by atoms with Gasteiger partial charge in [0.2, 0.25) is 0 Å². The number of aromatic nitrogens is 1. The quantitative estimate of drug-likeness (QED) is 0.872. The molecule has 0 unspecified atom stereocenters. The van der Waals surface area contributed by atoms with Crippen LogP contribution in [-0.2, 0) is 0 Å². The lowest BCUT2D eigenvalue weighted by molar-refractivity contribution is 0.0690. The molecule has 1 N–H and O–H groups in total. The van der Waals surface area contributed by atoms with Crippen LogP contribution in [0, 0.1) is 5.92 Å². The van der Waals surface area contributed by atoms with Gasteiger partial charge >= 0.3 is 5.97 Å². The van der Waals surface area contributed by atoms with E-state index in [1.165, 1.54) is 38.4 Å². The maximum atomic E-state index is 10.7. The lowest BCUT2D eigenvalue weighted by Gasteiger charge is -2.25. The second kappa shape index (κ2) is 5.21. The number of carbonyl (C=O) groups is 1. The van der Waals surface area contributed by atoms with E-state index in [9.17, 15) is 4.79 Å². The molecule has 17 heavy (non-hydrogen) atoms. The molecule has 2 rings (SSSR count). The number of anilines is 1. The first-order valence-electron chi connectivity index (χ1n) is 6.07. The smallest absolute Gasteiger partial charge is 0.357 e. The van der Waals surface area contributed by atoms with Gasteiger partial charge in [-0.15, -0.1) is 0 Å². The van der Waals surface area contributed by atoms with Gasteiger partial charge in [0, 0.05) is 13.6 Å². The summed E-state index contributed by atoms with van der Waals surface area (Å²) in [5.74, 6) is -0.375. The summed E-state index contributed by atoms with van der Waals surface area (Å²) in [5.41, 5.74) is -0.0319. The van der Waals surface area contributed by atoms with Crippen LogP contribution < -0.4 is 4.90 Å². The minimum absolute atomic E-state index is 0.0319. The Morgan fingerprint density at radius 2 is 2.24 bits per heavy atom. The van der Waals surface area contributed by atoms with Crippen molar-refractivity contribution in [2.75, 3.05) is 18.5 Å². The molecule has 0 amide bonds. The van der Waals surface area contributed by atoms with Crippen molar-refractivity contribution in [2.24, 2.45) is 5.92 Å². The van der Waals surface area contributed by atoms with Crippen molar-refractivity contribution in [3.63, 3.8) is 0 Å². The Hall–Kier alpha value is -1.52. The number of carboxylic acids is 1. The lowest BCUT2D eigenvalue weighted by Crippen LogP contribution is -2.27. The van der Waals surface area contributed by atoms with Crippen LogP contribution in [0.15, 0.2) is 10.7 Å². The second-order valence-electron chi connectivity index (χ2n) is 4.71. The van der Waals surface area contributed by atoms with Gasteiger partial charge in [-0.3, -0.25) is 0 Å². The average molecular weight is 238 g/mol. The van der Waals surface area contributed by atoms with Crippen LogP contribution in [0.2, 0.25) is 0 Å². The van der Waals surface area contributed by atoms with Crippen molar-refractivity contribution in [1.29, 1.82) is 0 Å². The minimum atomic E-state index is -1.05. The van der Waals surface area contributed by atoms with Gasteiger partial charge in [0.05, 0.1) is 0 Å². The fourth-order valence-corrected chi connectivity index (χ4v) is 2.37. The third-order valence-electron chi connectivity index (χ3n) is 3.29.